The molecule has 0 unspecified atom stereocenters. The third kappa shape index (κ3) is 6.53. The quantitative estimate of drug-likeness (QED) is 0.642. The maximum Gasteiger partial charge on any atom is 0.243 e. The van der Waals surface area contributed by atoms with Crippen LogP contribution in [0.3, 0.4) is 0 Å². The van der Waals surface area contributed by atoms with Crippen LogP contribution in [0.25, 0.3) is 0 Å². The number of piperidine rings is 1. The molecule has 0 radical (unpaired) electrons. The molecule has 2 aromatic carbocycles. The number of nitrogens with zero attached hydrogens (tertiary/aromatic N) is 2. The molecule has 1 heterocycles. The number of amides is 1. The summed E-state index contributed by atoms with van der Waals surface area (Å²) in [6.45, 7) is 3.39. The van der Waals surface area contributed by atoms with E-state index in [1.165, 1.54) is 51.1 Å². The zero-order valence-corrected chi connectivity index (χ0v) is 19.0. The van der Waals surface area contributed by atoms with Crippen molar-refractivity contribution >= 4 is 15.9 Å². The number of sulfonamides is 1. The highest BCUT2D eigenvalue weighted by molar-refractivity contribution is 7.89. The lowest BCUT2D eigenvalue weighted by molar-refractivity contribution is -0.121. The topological polar surface area (TPSA) is 79.0 Å². The number of carbonyl (C=O) groups excluding carboxylic acids is 1. The molecular formula is C23H31N3O4S. The van der Waals surface area contributed by atoms with Crippen molar-refractivity contribution in [1.82, 2.24) is 14.5 Å². The van der Waals surface area contributed by atoms with E-state index in [4.69, 9.17) is 4.74 Å². The molecule has 168 valence electrons. The summed E-state index contributed by atoms with van der Waals surface area (Å²) in [7, 11) is -0.836. The van der Waals surface area contributed by atoms with E-state index in [-0.39, 0.29) is 17.3 Å². The molecule has 8 heteroatoms. The lowest BCUT2D eigenvalue weighted by Gasteiger charge is -2.26. The summed E-state index contributed by atoms with van der Waals surface area (Å²) in [4.78, 5) is 14.9. The number of likely N-dealkylation sites (N-methyl/N-ethyl adjacent to an activating group) is 1. The molecule has 0 atom stereocenters. The first kappa shape index (κ1) is 23.2. The molecule has 0 aliphatic carbocycles. The molecule has 1 fully saturated rings. The second-order valence-electron chi connectivity index (χ2n) is 7.87. The van der Waals surface area contributed by atoms with Crippen LogP contribution in [0.4, 0.5) is 0 Å². The summed E-state index contributed by atoms with van der Waals surface area (Å²) in [6.07, 6.45) is 3.87. The molecule has 3 rings (SSSR count). The lowest BCUT2D eigenvalue weighted by atomic mass is 10.1. The third-order valence-electron chi connectivity index (χ3n) is 5.50. The fourth-order valence-electron chi connectivity index (χ4n) is 3.61. The highest BCUT2D eigenvalue weighted by Gasteiger charge is 2.23. The Kier molecular flexibility index (Phi) is 8.06. The van der Waals surface area contributed by atoms with Crippen LogP contribution in [0.2, 0.25) is 0 Å². The van der Waals surface area contributed by atoms with Gasteiger partial charge in [0.25, 0.3) is 0 Å². The minimum absolute atomic E-state index is 0.118. The number of likely N-dealkylation sites (tertiary alicyclic amines) is 1. The summed E-state index contributed by atoms with van der Waals surface area (Å²) in [6, 6.07) is 14.3. The van der Waals surface area contributed by atoms with E-state index in [1.54, 1.807) is 12.1 Å². The van der Waals surface area contributed by atoms with Gasteiger partial charge in [0.2, 0.25) is 15.9 Å². The van der Waals surface area contributed by atoms with Gasteiger partial charge in [0, 0.05) is 20.1 Å². The fraction of sp³-hybridized carbons (Fsp3) is 0.435. The first-order chi connectivity index (χ1) is 14.9. The van der Waals surface area contributed by atoms with Crippen LogP contribution in [0.5, 0.6) is 5.75 Å². The molecule has 31 heavy (non-hydrogen) atoms. The molecule has 7 nitrogen and oxygen atoms in total. The summed E-state index contributed by atoms with van der Waals surface area (Å²) >= 11 is 0. The molecule has 0 aromatic heterocycles. The number of rotatable bonds is 9. The van der Waals surface area contributed by atoms with Crippen molar-refractivity contribution in [1.29, 1.82) is 0 Å². The third-order valence-corrected chi connectivity index (χ3v) is 7.32. The monoisotopic (exact) mass is 445 g/mol. The van der Waals surface area contributed by atoms with E-state index >= 15 is 0 Å². The minimum Gasteiger partial charge on any atom is -0.497 e. The number of nitrogens with one attached hydrogen (secondary N) is 1. The molecule has 0 bridgehead atoms. The Bertz CT molecular complexity index is 953. The number of methoxy groups -OCH3 is 1. The summed E-state index contributed by atoms with van der Waals surface area (Å²) < 4.78 is 31.4. The van der Waals surface area contributed by atoms with Crippen molar-refractivity contribution < 1.29 is 17.9 Å². The van der Waals surface area contributed by atoms with Crippen LogP contribution >= 0.6 is 0 Å². The molecule has 1 N–H and O–H groups in total. The fourth-order valence-corrected chi connectivity index (χ4v) is 4.74. The second kappa shape index (κ2) is 10.7. The second-order valence-corrected chi connectivity index (χ2v) is 9.91. The number of carbonyl (C=O) groups is 1. The van der Waals surface area contributed by atoms with Crippen molar-refractivity contribution in [3.05, 3.63) is 59.7 Å². The zero-order valence-electron chi connectivity index (χ0n) is 18.2. The first-order valence-electron chi connectivity index (χ1n) is 10.6. The number of hydrogen-bond donors (Lipinski definition) is 1. The van der Waals surface area contributed by atoms with Gasteiger partial charge in [-0.2, -0.15) is 4.31 Å². The Balaban J connectivity index is 1.48. The Morgan fingerprint density at radius 3 is 2.23 bits per heavy atom. The highest BCUT2D eigenvalue weighted by atomic mass is 32.2. The van der Waals surface area contributed by atoms with Crippen LogP contribution in [0, 0.1) is 0 Å². The van der Waals surface area contributed by atoms with Gasteiger partial charge in [-0.3, -0.25) is 9.69 Å². The molecule has 1 aliphatic rings. The molecule has 2 aromatic rings. The SMILES string of the molecule is COc1ccc(S(=O)(=O)N(C)CC(=O)NCc2ccc(CN3CCCCC3)cc2)cc1. The smallest absolute Gasteiger partial charge is 0.243 e. The number of hydrogen-bond acceptors (Lipinski definition) is 5. The van der Waals surface area contributed by atoms with Gasteiger partial charge in [0.05, 0.1) is 18.6 Å². The van der Waals surface area contributed by atoms with E-state index in [2.05, 4.69) is 22.3 Å². The molecule has 0 spiro atoms. The minimum atomic E-state index is -3.75. The van der Waals surface area contributed by atoms with Gasteiger partial charge < -0.3 is 10.1 Å². The Hall–Kier alpha value is -2.42. The first-order valence-corrected chi connectivity index (χ1v) is 12.0. The van der Waals surface area contributed by atoms with Crippen molar-refractivity contribution in [2.75, 3.05) is 33.8 Å². The van der Waals surface area contributed by atoms with Crippen LogP contribution in [0.15, 0.2) is 53.4 Å². The van der Waals surface area contributed by atoms with Gasteiger partial charge in [0.15, 0.2) is 0 Å². The summed E-state index contributed by atoms with van der Waals surface area (Å²) in [5.74, 6) is 0.221. The Morgan fingerprint density at radius 1 is 1.00 bits per heavy atom. The van der Waals surface area contributed by atoms with Gasteiger partial charge in [-0.05, 0) is 61.3 Å². The molecule has 1 amide bonds. The Morgan fingerprint density at radius 2 is 1.61 bits per heavy atom. The molecule has 0 saturated carbocycles. The zero-order chi connectivity index (χ0) is 22.3. The predicted octanol–water partition coefficient (Wildman–Crippen LogP) is 2.62. The van der Waals surface area contributed by atoms with E-state index in [1.807, 2.05) is 12.1 Å². The van der Waals surface area contributed by atoms with Crippen LogP contribution in [-0.4, -0.2) is 57.3 Å². The van der Waals surface area contributed by atoms with Crippen molar-refractivity contribution in [2.45, 2.75) is 37.2 Å². The normalized spacial score (nSPS) is 15.1. The van der Waals surface area contributed by atoms with Crippen LogP contribution in [-0.2, 0) is 27.9 Å². The summed E-state index contributed by atoms with van der Waals surface area (Å²) in [5, 5.41) is 2.80. The average Bonchev–Trinajstić information content (AvgIpc) is 2.79. The standard InChI is InChI=1S/C23H31N3O4S/c1-25(31(28,29)22-12-10-21(30-2)11-13-22)18-23(27)24-16-19-6-8-20(9-7-19)17-26-14-4-3-5-15-26/h6-13H,3-5,14-18H2,1-2H3,(H,24,27). The van der Waals surface area contributed by atoms with Gasteiger partial charge in [-0.15, -0.1) is 0 Å². The molecule has 1 aliphatic heterocycles. The maximum absolute atomic E-state index is 12.6. The van der Waals surface area contributed by atoms with Crippen molar-refractivity contribution in [3.63, 3.8) is 0 Å². The number of benzene rings is 2. The van der Waals surface area contributed by atoms with E-state index in [0.29, 0.717) is 12.3 Å². The summed E-state index contributed by atoms with van der Waals surface area (Å²) in [5.41, 5.74) is 2.25. The average molecular weight is 446 g/mol. The van der Waals surface area contributed by atoms with Crippen molar-refractivity contribution in [2.24, 2.45) is 0 Å². The highest BCUT2D eigenvalue weighted by Crippen LogP contribution is 2.18. The predicted molar refractivity (Wildman–Crippen MR) is 120 cm³/mol. The van der Waals surface area contributed by atoms with Crippen LogP contribution in [0.1, 0.15) is 30.4 Å². The van der Waals surface area contributed by atoms with Gasteiger partial charge in [-0.1, -0.05) is 30.7 Å². The van der Waals surface area contributed by atoms with E-state index < -0.39 is 10.0 Å². The van der Waals surface area contributed by atoms with Gasteiger partial charge in [0.1, 0.15) is 5.75 Å². The lowest BCUT2D eigenvalue weighted by Crippen LogP contribution is -2.38. The largest absolute Gasteiger partial charge is 0.497 e. The molecular weight excluding hydrogens is 414 g/mol. The van der Waals surface area contributed by atoms with Crippen molar-refractivity contribution in [3.8, 4) is 5.75 Å². The van der Waals surface area contributed by atoms with Crippen LogP contribution < -0.4 is 10.1 Å². The van der Waals surface area contributed by atoms with Gasteiger partial charge in [-0.25, -0.2) is 8.42 Å². The molecule has 1 saturated heterocycles. The van der Waals surface area contributed by atoms with E-state index in [9.17, 15) is 13.2 Å². The van der Waals surface area contributed by atoms with E-state index in [0.717, 1.165) is 29.5 Å². The number of ether oxygens (including phenoxy) is 1. The maximum atomic E-state index is 12.6. The van der Waals surface area contributed by atoms with Gasteiger partial charge >= 0.3 is 0 Å². The Labute approximate surface area is 185 Å².